The molecule has 0 saturated heterocycles. The van der Waals surface area contributed by atoms with E-state index in [0.717, 1.165) is 57.8 Å². The zero-order valence-corrected chi connectivity index (χ0v) is 34.0. The molecule has 0 aromatic heterocycles. The molecule has 0 rings (SSSR count). The molecule has 1 unspecified atom stereocenters. The van der Waals surface area contributed by atoms with Crippen molar-refractivity contribution in [1.82, 2.24) is 0 Å². The molecule has 0 aromatic carbocycles. The van der Waals surface area contributed by atoms with Crippen LogP contribution in [0.1, 0.15) is 181 Å². The number of carbonyl (C=O) groups excluding carboxylic acids is 2. The molecule has 296 valence electrons. The lowest BCUT2D eigenvalue weighted by Gasteiger charge is -2.28. The Balaban J connectivity index is 4.36. The first kappa shape index (κ1) is 48.8. The van der Waals surface area contributed by atoms with Crippen molar-refractivity contribution in [2.24, 2.45) is 0 Å². The third kappa shape index (κ3) is 36.5. The molecule has 50 heavy (non-hydrogen) atoms. The van der Waals surface area contributed by atoms with E-state index in [1.807, 2.05) is 21.1 Å². The van der Waals surface area contributed by atoms with Crippen molar-refractivity contribution in [3.05, 3.63) is 12.2 Å². The Labute approximate surface area is 307 Å². The van der Waals surface area contributed by atoms with Gasteiger partial charge in [-0.15, -0.1) is 0 Å². The van der Waals surface area contributed by atoms with Crippen LogP contribution in [0, 0.1) is 0 Å². The van der Waals surface area contributed by atoms with E-state index >= 15 is 0 Å². The second kappa shape index (κ2) is 33.6. The van der Waals surface area contributed by atoms with Gasteiger partial charge in [0.2, 0.25) is 0 Å². The van der Waals surface area contributed by atoms with Gasteiger partial charge in [-0.1, -0.05) is 148 Å². The van der Waals surface area contributed by atoms with E-state index < -0.39 is 26.5 Å². The molecule has 0 N–H and O–H groups in total. The minimum Gasteiger partial charge on any atom is -0.756 e. The van der Waals surface area contributed by atoms with Crippen molar-refractivity contribution < 1.29 is 42.1 Å². The zero-order valence-electron chi connectivity index (χ0n) is 33.1. The van der Waals surface area contributed by atoms with Gasteiger partial charge in [0, 0.05) is 12.8 Å². The highest BCUT2D eigenvalue weighted by Gasteiger charge is 2.21. The van der Waals surface area contributed by atoms with Crippen molar-refractivity contribution in [1.29, 1.82) is 0 Å². The quantitative estimate of drug-likeness (QED) is 0.0204. The zero-order chi connectivity index (χ0) is 37.2. The van der Waals surface area contributed by atoms with Crippen molar-refractivity contribution in [2.45, 2.75) is 187 Å². The Morgan fingerprint density at radius 3 is 1.54 bits per heavy atom. The highest BCUT2D eigenvalue weighted by Crippen LogP contribution is 2.38. The molecule has 10 heteroatoms. The maximum absolute atomic E-state index is 12.6. The van der Waals surface area contributed by atoms with Crippen LogP contribution in [0.2, 0.25) is 0 Å². The fraction of sp³-hybridized carbons (Fsp3) is 0.900. The maximum Gasteiger partial charge on any atom is 0.306 e. The first-order chi connectivity index (χ1) is 24.0. The average Bonchev–Trinajstić information content (AvgIpc) is 3.06. The molecule has 0 bridgehead atoms. The fourth-order valence-corrected chi connectivity index (χ4v) is 6.25. The summed E-state index contributed by atoms with van der Waals surface area (Å²) in [5.41, 5.74) is 0. The van der Waals surface area contributed by atoms with E-state index in [2.05, 4.69) is 26.0 Å². The van der Waals surface area contributed by atoms with Gasteiger partial charge in [0.15, 0.2) is 6.10 Å². The van der Waals surface area contributed by atoms with Crippen LogP contribution in [-0.4, -0.2) is 70.0 Å². The predicted octanol–water partition coefficient (Wildman–Crippen LogP) is 10.4. The van der Waals surface area contributed by atoms with Crippen LogP contribution in [0.25, 0.3) is 0 Å². The van der Waals surface area contributed by atoms with Gasteiger partial charge in [0.1, 0.15) is 19.8 Å². The van der Waals surface area contributed by atoms with E-state index in [-0.39, 0.29) is 32.0 Å². The first-order valence-corrected chi connectivity index (χ1v) is 21.9. The van der Waals surface area contributed by atoms with Crippen LogP contribution in [0.15, 0.2) is 12.2 Å². The summed E-state index contributed by atoms with van der Waals surface area (Å²) in [7, 11) is 1.17. The lowest BCUT2D eigenvalue weighted by atomic mass is 10.0. The number of hydrogen-bond donors (Lipinski definition) is 0. The normalized spacial score (nSPS) is 13.8. The van der Waals surface area contributed by atoms with Crippen molar-refractivity contribution in [2.75, 3.05) is 47.5 Å². The van der Waals surface area contributed by atoms with Gasteiger partial charge < -0.3 is 27.9 Å². The molecule has 0 aliphatic rings. The minimum atomic E-state index is -4.61. The van der Waals surface area contributed by atoms with Gasteiger partial charge >= 0.3 is 11.9 Å². The molecule has 0 heterocycles. The summed E-state index contributed by atoms with van der Waals surface area (Å²) in [5, 5.41) is 0. The Morgan fingerprint density at radius 1 is 0.600 bits per heavy atom. The van der Waals surface area contributed by atoms with Crippen LogP contribution in [0.3, 0.4) is 0 Å². The number of quaternary nitrogens is 1. The van der Waals surface area contributed by atoms with E-state index in [4.69, 9.17) is 18.5 Å². The van der Waals surface area contributed by atoms with Gasteiger partial charge in [-0.05, 0) is 32.1 Å². The SMILES string of the molecule is CCCC/C=C/CCCCCCCC(=O)O[C@H](COC(=O)CCCCCCCCCCCCCCCCC)COP(=O)([O-])OCC[N+](C)(C)C. The van der Waals surface area contributed by atoms with Gasteiger partial charge in [-0.2, -0.15) is 0 Å². The third-order valence-electron chi connectivity index (χ3n) is 8.79. The first-order valence-electron chi connectivity index (χ1n) is 20.4. The number of allylic oxidation sites excluding steroid dienone is 2. The second-order valence-electron chi connectivity index (χ2n) is 15.0. The van der Waals surface area contributed by atoms with Crippen molar-refractivity contribution in [3.63, 3.8) is 0 Å². The highest BCUT2D eigenvalue weighted by atomic mass is 31.2. The molecule has 0 aromatic rings. The summed E-state index contributed by atoms with van der Waals surface area (Å²) in [4.78, 5) is 37.3. The number of phosphoric acid groups is 1. The smallest absolute Gasteiger partial charge is 0.306 e. The van der Waals surface area contributed by atoms with Crippen LogP contribution in [0.4, 0.5) is 0 Å². The molecule has 0 radical (unpaired) electrons. The second-order valence-corrected chi connectivity index (χ2v) is 16.4. The number of esters is 2. The number of ether oxygens (including phenoxy) is 2. The molecule has 0 aliphatic carbocycles. The Kier molecular flexibility index (Phi) is 32.7. The summed E-state index contributed by atoms with van der Waals surface area (Å²) in [6.07, 6.45) is 32.3. The maximum atomic E-state index is 12.6. The number of likely N-dealkylation sites (N-methyl/N-ethyl adjacent to an activating group) is 1. The lowest BCUT2D eigenvalue weighted by Crippen LogP contribution is -2.37. The molecule has 0 amide bonds. The molecule has 0 saturated carbocycles. The van der Waals surface area contributed by atoms with Gasteiger partial charge in [0.25, 0.3) is 7.82 Å². The molecule has 9 nitrogen and oxygen atoms in total. The monoisotopic (exact) mass is 732 g/mol. The van der Waals surface area contributed by atoms with E-state index in [1.165, 1.54) is 89.9 Å². The summed E-state index contributed by atoms with van der Waals surface area (Å²) in [6, 6.07) is 0. The molecule has 0 fully saturated rings. The average molecular weight is 732 g/mol. The van der Waals surface area contributed by atoms with Gasteiger partial charge in [-0.3, -0.25) is 14.2 Å². The molecule has 0 aliphatic heterocycles. The summed E-state index contributed by atoms with van der Waals surface area (Å²) in [5.74, 6) is -0.840. The number of unbranched alkanes of at least 4 members (excludes halogenated alkanes) is 21. The molecule has 0 spiro atoms. The summed E-state index contributed by atoms with van der Waals surface area (Å²) < 4.78 is 33.8. The van der Waals surface area contributed by atoms with Crippen molar-refractivity contribution in [3.8, 4) is 0 Å². The third-order valence-corrected chi connectivity index (χ3v) is 9.75. The Hall–Kier alpha value is -1.25. The predicted molar refractivity (Wildman–Crippen MR) is 204 cm³/mol. The van der Waals surface area contributed by atoms with Gasteiger partial charge in [-0.25, -0.2) is 0 Å². The van der Waals surface area contributed by atoms with Crippen molar-refractivity contribution >= 4 is 19.8 Å². The molecule has 2 atom stereocenters. The van der Waals surface area contributed by atoms with Gasteiger partial charge in [0.05, 0.1) is 27.7 Å². The summed E-state index contributed by atoms with van der Waals surface area (Å²) >= 11 is 0. The molecular weight excluding hydrogens is 653 g/mol. The van der Waals surface area contributed by atoms with E-state index in [9.17, 15) is 19.0 Å². The largest absolute Gasteiger partial charge is 0.756 e. The highest BCUT2D eigenvalue weighted by molar-refractivity contribution is 7.45. The fourth-order valence-electron chi connectivity index (χ4n) is 5.52. The number of phosphoric ester groups is 1. The van der Waals surface area contributed by atoms with Crippen LogP contribution < -0.4 is 4.89 Å². The Morgan fingerprint density at radius 2 is 1.04 bits per heavy atom. The van der Waals surface area contributed by atoms with E-state index in [1.54, 1.807) is 0 Å². The van der Waals surface area contributed by atoms with Crippen LogP contribution in [-0.2, 0) is 32.7 Å². The summed E-state index contributed by atoms with van der Waals surface area (Å²) in [6.45, 7) is 4.18. The number of carbonyl (C=O) groups is 2. The number of rotatable bonds is 37. The minimum absolute atomic E-state index is 0.0296. The lowest BCUT2D eigenvalue weighted by molar-refractivity contribution is -0.870. The van der Waals surface area contributed by atoms with E-state index in [0.29, 0.717) is 17.4 Å². The van der Waals surface area contributed by atoms with Crippen LogP contribution in [0.5, 0.6) is 0 Å². The number of nitrogens with zero attached hydrogens (tertiary/aromatic N) is 1. The standard InChI is InChI=1S/C40H78NO8P/c1-6-8-10-12-14-16-18-19-20-21-23-24-26-28-30-32-39(42)46-36-38(37-48-50(44,45)47-35-34-41(3,4)5)49-40(43)33-31-29-27-25-22-17-15-13-11-9-7-2/h13,15,38H,6-12,14,16-37H2,1-5H3/b15-13+/t38-/m1/s1. The van der Waals surface area contributed by atoms with Crippen LogP contribution >= 0.6 is 7.82 Å². The Bertz CT molecular complexity index is 876. The number of hydrogen-bond acceptors (Lipinski definition) is 8. The molecular formula is C40H78NO8P. The topological polar surface area (TPSA) is 111 Å².